The van der Waals surface area contributed by atoms with Gasteiger partial charge in [0, 0.05) is 17.2 Å². The van der Waals surface area contributed by atoms with Crippen LogP contribution in [0.1, 0.15) is 11.1 Å². The van der Waals surface area contributed by atoms with Crippen molar-refractivity contribution in [3.8, 4) is 28.5 Å². The van der Waals surface area contributed by atoms with Crippen molar-refractivity contribution in [2.75, 3.05) is 5.73 Å². The first-order valence-corrected chi connectivity index (χ1v) is 8.01. The second-order valence-electron chi connectivity index (χ2n) is 5.67. The Balaban J connectivity index is 2.28. The van der Waals surface area contributed by atoms with E-state index in [4.69, 9.17) is 17.3 Å². The first kappa shape index (κ1) is 17.4. The first-order valence-electron chi connectivity index (χ1n) is 7.63. The Morgan fingerprint density at radius 1 is 1.19 bits per heavy atom. The molecule has 0 saturated carbocycles. The molecule has 0 aliphatic heterocycles. The molecule has 0 spiro atoms. The van der Waals surface area contributed by atoms with Crippen LogP contribution < -0.4 is 5.73 Å². The molecule has 2 aromatic carbocycles. The summed E-state index contributed by atoms with van der Waals surface area (Å²) in [6.45, 7) is 1.94. The van der Waals surface area contributed by atoms with E-state index in [0.29, 0.717) is 16.8 Å². The molecule has 0 saturated heterocycles. The lowest BCUT2D eigenvalue weighted by Crippen LogP contribution is -2.00. The maximum absolute atomic E-state index is 11.2. The van der Waals surface area contributed by atoms with Crippen LogP contribution in [-0.4, -0.2) is 9.91 Å². The van der Waals surface area contributed by atoms with Gasteiger partial charge in [-0.05, 0) is 30.2 Å². The number of nitrogens with zero attached hydrogens (tertiary/aromatic N) is 3. The monoisotopic (exact) mass is 364 g/mol. The Hall–Kier alpha value is -3.43. The predicted octanol–water partition coefficient (Wildman–Crippen LogP) is 4.74. The molecule has 0 aliphatic rings. The Kier molecular flexibility index (Phi) is 4.57. The molecule has 0 fully saturated rings. The van der Waals surface area contributed by atoms with Gasteiger partial charge >= 0.3 is 0 Å². The average molecular weight is 365 g/mol. The quantitative estimate of drug-likeness (QED) is 0.533. The lowest BCUT2D eigenvalue weighted by molar-refractivity contribution is -0.384. The molecule has 6 nitrogen and oxygen atoms in total. The molecule has 0 atom stereocenters. The summed E-state index contributed by atoms with van der Waals surface area (Å²) in [5.74, 6) is 0.0702. The summed E-state index contributed by atoms with van der Waals surface area (Å²) in [7, 11) is 0. The second-order valence-corrected chi connectivity index (χ2v) is 6.07. The van der Waals surface area contributed by atoms with Gasteiger partial charge in [0.05, 0.1) is 10.6 Å². The van der Waals surface area contributed by atoms with E-state index in [1.165, 1.54) is 12.1 Å². The van der Waals surface area contributed by atoms with Gasteiger partial charge in [0.1, 0.15) is 22.5 Å². The number of halogens is 1. The maximum Gasteiger partial charge on any atom is 0.288 e. The molecule has 7 heteroatoms. The number of anilines is 1. The van der Waals surface area contributed by atoms with Gasteiger partial charge in [0.25, 0.3) is 5.69 Å². The normalized spacial score (nSPS) is 10.3. The van der Waals surface area contributed by atoms with Crippen molar-refractivity contribution >= 4 is 23.1 Å². The highest BCUT2D eigenvalue weighted by Gasteiger charge is 2.18. The highest BCUT2D eigenvalue weighted by Crippen LogP contribution is 2.35. The van der Waals surface area contributed by atoms with Gasteiger partial charge in [-0.15, -0.1) is 0 Å². The largest absolute Gasteiger partial charge is 0.383 e. The van der Waals surface area contributed by atoms with Crippen molar-refractivity contribution in [3.05, 3.63) is 74.8 Å². The zero-order valence-electron chi connectivity index (χ0n) is 13.7. The van der Waals surface area contributed by atoms with Gasteiger partial charge < -0.3 is 5.73 Å². The van der Waals surface area contributed by atoms with Crippen LogP contribution in [0.5, 0.6) is 0 Å². The fourth-order valence-corrected chi connectivity index (χ4v) is 2.91. The molecule has 0 aliphatic carbocycles. The van der Waals surface area contributed by atoms with Gasteiger partial charge in [-0.1, -0.05) is 41.9 Å². The average Bonchev–Trinajstić information content (AvgIpc) is 2.61. The number of nitro groups is 1. The minimum Gasteiger partial charge on any atom is -0.383 e. The fraction of sp³-hybridized carbons (Fsp3) is 0.0526. The van der Waals surface area contributed by atoms with Crippen LogP contribution >= 0.6 is 11.6 Å². The van der Waals surface area contributed by atoms with Gasteiger partial charge in [0.2, 0.25) is 0 Å². The number of aromatic nitrogens is 1. The number of nitro benzene ring substituents is 1. The standard InChI is InChI=1S/C19H13ClN4O2/c1-11-4-2-3-5-13(11)17-9-14(15(10-21)19(22)23-17)12-6-7-16(20)18(8-12)24(25)26/h2-9H,1H3,(H2,22,23). The highest BCUT2D eigenvalue weighted by atomic mass is 35.5. The second kappa shape index (κ2) is 6.82. The number of nitrogens with two attached hydrogens (primary N) is 1. The van der Waals surface area contributed by atoms with Gasteiger partial charge in [-0.25, -0.2) is 4.98 Å². The van der Waals surface area contributed by atoms with Crippen molar-refractivity contribution in [2.45, 2.75) is 6.92 Å². The molecule has 128 valence electrons. The summed E-state index contributed by atoms with van der Waals surface area (Å²) in [6.07, 6.45) is 0. The summed E-state index contributed by atoms with van der Waals surface area (Å²) >= 11 is 5.89. The number of benzene rings is 2. The molecule has 0 unspecified atom stereocenters. The zero-order chi connectivity index (χ0) is 18.8. The number of pyridine rings is 1. The number of hydrogen-bond donors (Lipinski definition) is 1. The Labute approximate surface area is 154 Å². The van der Waals surface area contributed by atoms with Crippen LogP contribution in [0.15, 0.2) is 48.5 Å². The number of aryl methyl sites for hydroxylation is 1. The molecule has 0 bridgehead atoms. The van der Waals surface area contributed by atoms with Crippen molar-refractivity contribution < 1.29 is 4.92 Å². The van der Waals surface area contributed by atoms with Crippen molar-refractivity contribution in [3.63, 3.8) is 0 Å². The minimum absolute atomic E-state index is 0.0263. The lowest BCUT2D eigenvalue weighted by atomic mass is 9.97. The number of nitriles is 1. The van der Waals surface area contributed by atoms with E-state index >= 15 is 0 Å². The van der Waals surface area contributed by atoms with E-state index in [-0.39, 0.29) is 22.1 Å². The Morgan fingerprint density at radius 2 is 1.92 bits per heavy atom. The molecule has 26 heavy (non-hydrogen) atoms. The van der Waals surface area contributed by atoms with Crippen LogP contribution in [0.3, 0.4) is 0 Å². The van der Waals surface area contributed by atoms with Crippen LogP contribution in [-0.2, 0) is 0 Å². The third kappa shape index (κ3) is 3.08. The first-order chi connectivity index (χ1) is 12.4. The summed E-state index contributed by atoms with van der Waals surface area (Å²) in [6, 6.07) is 15.8. The fourth-order valence-electron chi connectivity index (χ4n) is 2.73. The molecule has 3 rings (SSSR count). The molecule has 0 radical (unpaired) electrons. The van der Waals surface area contributed by atoms with E-state index in [2.05, 4.69) is 4.98 Å². The SMILES string of the molecule is Cc1ccccc1-c1cc(-c2ccc(Cl)c([N+](=O)[O-])c2)c(C#N)c(N)n1. The summed E-state index contributed by atoms with van der Waals surface area (Å²) in [4.78, 5) is 14.9. The molecule has 1 aromatic heterocycles. The third-order valence-corrected chi connectivity index (χ3v) is 4.35. The molecule has 3 aromatic rings. The molecular formula is C19H13ClN4O2. The summed E-state index contributed by atoms with van der Waals surface area (Å²) in [5.41, 5.74) is 9.32. The summed E-state index contributed by atoms with van der Waals surface area (Å²) in [5, 5.41) is 20.7. The van der Waals surface area contributed by atoms with E-state index in [9.17, 15) is 15.4 Å². The Bertz CT molecular complexity index is 1070. The van der Waals surface area contributed by atoms with Crippen LogP contribution in [0, 0.1) is 28.4 Å². The smallest absolute Gasteiger partial charge is 0.288 e. The van der Waals surface area contributed by atoms with Crippen molar-refractivity contribution in [2.24, 2.45) is 0 Å². The van der Waals surface area contributed by atoms with Crippen LogP contribution in [0.4, 0.5) is 11.5 Å². The topological polar surface area (TPSA) is 106 Å². The van der Waals surface area contributed by atoms with Gasteiger partial charge in [0.15, 0.2) is 0 Å². The Morgan fingerprint density at radius 3 is 2.58 bits per heavy atom. The van der Waals surface area contributed by atoms with E-state index in [1.807, 2.05) is 37.3 Å². The molecular weight excluding hydrogens is 352 g/mol. The van der Waals surface area contributed by atoms with Crippen molar-refractivity contribution in [1.29, 1.82) is 5.26 Å². The lowest BCUT2D eigenvalue weighted by Gasteiger charge is -2.12. The third-order valence-electron chi connectivity index (χ3n) is 4.03. The number of hydrogen-bond acceptors (Lipinski definition) is 5. The van der Waals surface area contributed by atoms with Crippen LogP contribution in [0.2, 0.25) is 5.02 Å². The molecule has 2 N–H and O–H groups in total. The molecule has 1 heterocycles. The summed E-state index contributed by atoms with van der Waals surface area (Å²) < 4.78 is 0. The molecule has 0 amide bonds. The predicted molar refractivity (Wildman–Crippen MR) is 101 cm³/mol. The van der Waals surface area contributed by atoms with Gasteiger partial charge in [-0.2, -0.15) is 5.26 Å². The van der Waals surface area contributed by atoms with Gasteiger partial charge in [-0.3, -0.25) is 10.1 Å². The van der Waals surface area contributed by atoms with E-state index in [0.717, 1.165) is 11.1 Å². The maximum atomic E-state index is 11.2. The van der Waals surface area contributed by atoms with Crippen LogP contribution in [0.25, 0.3) is 22.4 Å². The number of rotatable bonds is 3. The minimum atomic E-state index is -0.565. The highest BCUT2D eigenvalue weighted by molar-refractivity contribution is 6.32. The van der Waals surface area contributed by atoms with Crippen molar-refractivity contribution in [1.82, 2.24) is 4.98 Å². The van der Waals surface area contributed by atoms with E-state index < -0.39 is 4.92 Å². The number of nitrogen functional groups attached to an aromatic ring is 1. The zero-order valence-corrected chi connectivity index (χ0v) is 14.5. The van der Waals surface area contributed by atoms with E-state index in [1.54, 1.807) is 12.1 Å².